The molecule has 0 bridgehead atoms. The van der Waals surface area contributed by atoms with Gasteiger partial charge in [0.1, 0.15) is 10.0 Å². The second-order valence-corrected chi connectivity index (χ2v) is 8.97. The maximum absolute atomic E-state index is 11.6. The second kappa shape index (κ2) is 10.4. The maximum atomic E-state index is 11.6. The molecule has 2 amide bonds. The van der Waals surface area contributed by atoms with Gasteiger partial charge >= 0.3 is 0 Å². The van der Waals surface area contributed by atoms with E-state index in [1.165, 1.54) is 22.7 Å². The van der Waals surface area contributed by atoms with Gasteiger partial charge in [0.05, 0.1) is 0 Å². The number of carbonyl (C=O) groups is 2. The maximum Gasteiger partial charge on any atom is 0.228 e. The van der Waals surface area contributed by atoms with E-state index in [1.807, 2.05) is 27.7 Å². The van der Waals surface area contributed by atoms with Crippen LogP contribution < -0.4 is 10.6 Å². The van der Waals surface area contributed by atoms with E-state index in [-0.39, 0.29) is 23.7 Å². The van der Waals surface area contributed by atoms with Crippen LogP contribution in [-0.4, -0.2) is 32.2 Å². The van der Waals surface area contributed by atoms with E-state index in [0.29, 0.717) is 10.3 Å². The smallest absolute Gasteiger partial charge is 0.228 e. The Bertz CT molecular complexity index is 694. The van der Waals surface area contributed by atoms with Crippen LogP contribution in [0.15, 0.2) is 0 Å². The van der Waals surface area contributed by atoms with Crippen LogP contribution in [0.25, 0.3) is 0 Å². The predicted octanol–water partition coefficient (Wildman–Crippen LogP) is 3.53. The van der Waals surface area contributed by atoms with Crippen molar-refractivity contribution in [2.75, 3.05) is 10.6 Å². The Hall–Kier alpha value is -1.94. The van der Waals surface area contributed by atoms with Gasteiger partial charge in [0.15, 0.2) is 0 Å². The molecule has 0 aliphatic rings. The molecule has 27 heavy (non-hydrogen) atoms. The molecule has 0 aromatic carbocycles. The van der Waals surface area contributed by atoms with Gasteiger partial charge in [-0.1, -0.05) is 56.8 Å². The first-order valence-corrected chi connectivity index (χ1v) is 10.7. The Morgan fingerprint density at radius 2 is 1.15 bits per heavy atom. The van der Waals surface area contributed by atoms with Crippen molar-refractivity contribution in [3.63, 3.8) is 0 Å². The van der Waals surface area contributed by atoms with E-state index >= 15 is 0 Å². The third-order valence-electron chi connectivity index (χ3n) is 3.72. The average Bonchev–Trinajstić information content (AvgIpc) is 3.24. The molecule has 0 saturated carbocycles. The summed E-state index contributed by atoms with van der Waals surface area (Å²) in [5.41, 5.74) is 0. The fourth-order valence-corrected chi connectivity index (χ4v) is 3.61. The van der Waals surface area contributed by atoms with Crippen LogP contribution in [0.1, 0.15) is 57.0 Å². The standard InChI is InChI=1S/C17H26N6O2S2/c1-10(2)14(24)18-16-22-20-12(26-16)8-6-5-7-9-13-21-23-17(27-13)19-15(25)11(3)4/h10-11H,5-9H2,1-4H3,(H,18,22,24)(H,19,23,25). The minimum atomic E-state index is -0.0723. The highest BCUT2D eigenvalue weighted by molar-refractivity contribution is 7.15. The van der Waals surface area contributed by atoms with Crippen molar-refractivity contribution in [3.8, 4) is 0 Å². The molecule has 148 valence electrons. The number of hydrogen-bond acceptors (Lipinski definition) is 8. The van der Waals surface area contributed by atoms with E-state index in [1.54, 1.807) is 0 Å². The minimum Gasteiger partial charge on any atom is -0.300 e. The summed E-state index contributed by atoms with van der Waals surface area (Å²) in [7, 11) is 0. The summed E-state index contributed by atoms with van der Waals surface area (Å²) in [6, 6.07) is 0. The minimum absolute atomic E-state index is 0.0429. The van der Waals surface area contributed by atoms with Crippen LogP contribution in [0.2, 0.25) is 0 Å². The van der Waals surface area contributed by atoms with Crippen molar-refractivity contribution in [2.24, 2.45) is 11.8 Å². The monoisotopic (exact) mass is 410 g/mol. The number of hydrogen-bond donors (Lipinski definition) is 2. The predicted molar refractivity (Wildman–Crippen MR) is 108 cm³/mol. The van der Waals surface area contributed by atoms with E-state index in [4.69, 9.17) is 0 Å². The van der Waals surface area contributed by atoms with Crippen molar-refractivity contribution >= 4 is 44.8 Å². The van der Waals surface area contributed by atoms with Crippen LogP contribution in [0.3, 0.4) is 0 Å². The molecule has 2 N–H and O–H groups in total. The van der Waals surface area contributed by atoms with E-state index in [9.17, 15) is 9.59 Å². The van der Waals surface area contributed by atoms with Gasteiger partial charge in [0.2, 0.25) is 22.1 Å². The number of anilines is 2. The molecular formula is C17H26N6O2S2. The number of aryl methyl sites for hydroxylation is 2. The van der Waals surface area contributed by atoms with Gasteiger partial charge in [-0.15, -0.1) is 20.4 Å². The summed E-state index contributed by atoms with van der Waals surface area (Å²) in [5, 5.41) is 24.8. The zero-order valence-electron chi connectivity index (χ0n) is 16.1. The Balaban J connectivity index is 1.65. The molecule has 2 heterocycles. The lowest BCUT2D eigenvalue weighted by Gasteiger charge is -2.02. The lowest BCUT2D eigenvalue weighted by Crippen LogP contribution is -2.17. The summed E-state index contributed by atoms with van der Waals surface area (Å²) in [5.74, 6) is -0.230. The van der Waals surface area contributed by atoms with Gasteiger partial charge in [-0.3, -0.25) is 9.59 Å². The van der Waals surface area contributed by atoms with Crippen molar-refractivity contribution < 1.29 is 9.59 Å². The fourth-order valence-electron chi connectivity index (χ4n) is 2.04. The molecule has 0 spiro atoms. The van der Waals surface area contributed by atoms with Crippen molar-refractivity contribution in [1.82, 2.24) is 20.4 Å². The third-order valence-corrected chi connectivity index (χ3v) is 5.52. The van der Waals surface area contributed by atoms with E-state index in [0.717, 1.165) is 42.1 Å². The highest BCUT2D eigenvalue weighted by atomic mass is 32.1. The second-order valence-electron chi connectivity index (χ2n) is 6.85. The molecule has 0 aliphatic carbocycles. The third kappa shape index (κ3) is 7.30. The number of nitrogens with zero attached hydrogens (tertiary/aromatic N) is 4. The van der Waals surface area contributed by atoms with Crippen molar-refractivity contribution in [2.45, 2.75) is 59.8 Å². The van der Waals surface area contributed by atoms with Crippen LogP contribution in [-0.2, 0) is 22.4 Å². The first-order valence-electron chi connectivity index (χ1n) is 9.11. The zero-order valence-corrected chi connectivity index (χ0v) is 17.7. The quantitative estimate of drug-likeness (QED) is 0.580. The fraction of sp³-hybridized carbons (Fsp3) is 0.647. The molecule has 10 heteroatoms. The normalized spacial score (nSPS) is 11.2. The summed E-state index contributed by atoms with van der Waals surface area (Å²) in [6.45, 7) is 7.37. The number of aromatic nitrogens is 4. The molecule has 0 radical (unpaired) electrons. The number of unbranched alkanes of at least 4 members (excludes halogenated alkanes) is 2. The van der Waals surface area contributed by atoms with Gasteiger partial charge in [0, 0.05) is 24.7 Å². The SMILES string of the molecule is CC(C)C(=O)Nc1nnc(CCCCCc2nnc(NC(=O)C(C)C)s2)s1. The van der Waals surface area contributed by atoms with Crippen LogP contribution in [0, 0.1) is 11.8 Å². The van der Waals surface area contributed by atoms with Crippen LogP contribution in [0.4, 0.5) is 10.3 Å². The number of nitrogens with one attached hydrogen (secondary N) is 2. The van der Waals surface area contributed by atoms with Gasteiger partial charge in [-0.25, -0.2) is 0 Å². The first-order chi connectivity index (χ1) is 12.8. The lowest BCUT2D eigenvalue weighted by atomic mass is 10.1. The molecule has 2 aromatic rings. The molecule has 8 nitrogen and oxygen atoms in total. The molecule has 0 atom stereocenters. The average molecular weight is 411 g/mol. The molecule has 2 rings (SSSR count). The van der Waals surface area contributed by atoms with Crippen molar-refractivity contribution in [1.29, 1.82) is 0 Å². The molecule has 0 unspecified atom stereocenters. The largest absolute Gasteiger partial charge is 0.300 e. The number of carbonyl (C=O) groups excluding carboxylic acids is 2. The van der Waals surface area contributed by atoms with E-state index < -0.39 is 0 Å². The Labute approximate surface area is 167 Å². The molecule has 0 aliphatic heterocycles. The zero-order chi connectivity index (χ0) is 19.8. The van der Waals surface area contributed by atoms with Gasteiger partial charge in [-0.2, -0.15) is 0 Å². The summed E-state index contributed by atoms with van der Waals surface area (Å²) in [6.07, 6.45) is 4.74. The van der Waals surface area contributed by atoms with Gasteiger partial charge in [-0.05, 0) is 12.8 Å². The van der Waals surface area contributed by atoms with Crippen molar-refractivity contribution in [3.05, 3.63) is 10.0 Å². The molecule has 0 saturated heterocycles. The van der Waals surface area contributed by atoms with Gasteiger partial charge < -0.3 is 10.6 Å². The number of amides is 2. The first kappa shape index (κ1) is 21.4. The van der Waals surface area contributed by atoms with Crippen LogP contribution in [0.5, 0.6) is 0 Å². The summed E-state index contributed by atoms with van der Waals surface area (Å²) < 4.78 is 0. The molecule has 2 aromatic heterocycles. The Morgan fingerprint density at radius 3 is 1.52 bits per heavy atom. The Kier molecular flexibility index (Phi) is 8.23. The highest BCUT2D eigenvalue weighted by Gasteiger charge is 2.12. The summed E-state index contributed by atoms with van der Waals surface area (Å²) in [4.78, 5) is 23.3. The summed E-state index contributed by atoms with van der Waals surface area (Å²) >= 11 is 2.86. The highest BCUT2D eigenvalue weighted by Crippen LogP contribution is 2.20. The lowest BCUT2D eigenvalue weighted by molar-refractivity contribution is -0.119. The van der Waals surface area contributed by atoms with E-state index in [2.05, 4.69) is 31.0 Å². The molecular weight excluding hydrogens is 384 g/mol. The van der Waals surface area contributed by atoms with Crippen LogP contribution >= 0.6 is 22.7 Å². The topological polar surface area (TPSA) is 110 Å². The Morgan fingerprint density at radius 1 is 0.741 bits per heavy atom. The van der Waals surface area contributed by atoms with Gasteiger partial charge in [0.25, 0.3) is 0 Å². The number of rotatable bonds is 10. The molecule has 0 fully saturated rings.